The largest absolute Gasteiger partial charge is 0.468 e. The van der Waals surface area contributed by atoms with E-state index in [2.05, 4.69) is 47.4 Å². The highest BCUT2D eigenvalue weighted by Gasteiger charge is 2.33. The first-order chi connectivity index (χ1) is 13.7. The fraction of sp³-hybridized carbons (Fsp3) is 0.773. The van der Waals surface area contributed by atoms with Gasteiger partial charge in [0.2, 0.25) is 0 Å². The van der Waals surface area contributed by atoms with E-state index in [9.17, 15) is 0 Å². The van der Waals surface area contributed by atoms with Crippen LogP contribution in [0.15, 0.2) is 27.8 Å². The van der Waals surface area contributed by atoms with Crippen molar-refractivity contribution in [3.05, 3.63) is 24.2 Å². The Bertz CT molecular complexity index is 555. The molecule has 1 aliphatic rings. The van der Waals surface area contributed by atoms with Gasteiger partial charge >= 0.3 is 0 Å². The minimum absolute atomic E-state index is 0. The van der Waals surface area contributed by atoms with Gasteiger partial charge in [0.15, 0.2) is 5.96 Å². The number of halogens is 1. The molecular formula is C22H41IN4O2. The molecule has 1 fully saturated rings. The quantitative estimate of drug-likeness (QED) is 0.185. The smallest absolute Gasteiger partial charge is 0.191 e. The van der Waals surface area contributed by atoms with Gasteiger partial charge in [-0.3, -0.25) is 9.89 Å². The molecule has 1 heterocycles. The van der Waals surface area contributed by atoms with Gasteiger partial charge in [0.25, 0.3) is 0 Å². The lowest BCUT2D eigenvalue weighted by Crippen LogP contribution is -2.46. The summed E-state index contributed by atoms with van der Waals surface area (Å²) in [6, 6.07) is 4.21. The first-order valence-corrected chi connectivity index (χ1v) is 11.0. The predicted octanol–water partition coefficient (Wildman–Crippen LogP) is 4.43. The number of hydrogen-bond donors (Lipinski definition) is 2. The number of nitrogens with zero attached hydrogens (tertiary/aromatic N) is 2. The van der Waals surface area contributed by atoms with Gasteiger partial charge in [-0.2, -0.15) is 0 Å². The highest BCUT2D eigenvalue weighted by atomic mass is 127. The lowest BCUT2D eigenvalue weighted by molar-refractivity contribution is 0.105. The zero-order valence-corrected chi connectivity index (χ0v) is 21.0. The van der Waals surface area contributed by atoms with Gasteiger partial charge in [0, 0.05) is 33.4 Å². The Morgan fingerprint density at radius 1 is 1.24 bits per heavy atom. The Kier molecular flexibility index (Phi) is 12.9. The van der Waals surface area contributed by atoms with Crippen molar-refractivity contribution in [2.45, 2.75) is 58.9 Å². The van der Waals surface area contributed by atoms with Crippen LogP contribution < -0.4 is 10.6 Å². The molecule has 0 aromatic carbocycles. The van der Waals surface area contributed by atoms with Gasteiger partial charge in [-0.1, -0.05) is 26.7 Å². The highest BCUT2D eigenvalue weighted by molar-refractivity contribution is 14.0. The molecule has 2 N–H and O–H groups in total. The van der Waals surface area contributed by atoms with Gasteiger partial charge < -0.3 is 19.8 Å². The second-order valence-electron chi connectivity index (χ2n) is 7.71. The van der Waals surface area contributed by atoms with Crippen LogP contribution in [0, 0.1) is 5.41 Å². The normalized spacial score (nSPS) is 17.2. The minimum atomic E-state index is 0. The van der Waals surface area contributed by atoms with E-state index in [1.165, 1.54) is 25.7 Å². The Hall–Kier alpha value is -0.800. The monoisotopic (exact) mass is 520 g/mol. The van der Waals surface area contributed by atoms with Crippen molar-refractivity contribution in [3.63, 3.8) is 0 Å². The van der Waals surface area contributed by atoms with Crippen molar-refractivity contribution in [3.8, 4) is 0 Å². The number of guanidine groups is 1. The van der Waals surface area contributed by atoms with E-state index in [1.54, 1.807) is 6.26 Å². The number of rotatable bonds is 12. The van der Waals surface area contributed by atoms with Crippen LogP contribution >= 0.6 is 24.0 Å². The molecule has 7 heteroatoms. The van der Waals surface area contributed by atoms with E-state index >= 15 is 0 Å². The van der Waals surface area contributed by atoms with Gasteiger partial charge in [0.1, 0.15) is 5.76 Å². The van der Waals surface area contributed by atoms with Crippen LogP contribution in [0.5, 0.6) is 0 Å². The molecule has 0 amide bonds. The lowest BCUT2D eigenvalue weighted by atomic mass is 9.83. The topological polar surface area (TPSA) is 62.0 Å². The average molecular weight is 521 g/mol. The Morgan fingerprint density at radius 3 is 2.52 bits per heavy atom. The van der Waals surface area contributed by atoms with Gasteiger partial charge in [-0.25, -0.2) is 0 Å². The maximum Gasteiger partial charge on any atom is 0.191 e. The summed E-state index contributed by atoms with van der Waals surface area (Å²) in [5.41, 5.74) is 0.339. The Morgan fingerprint density at radius 2 is 1.97 bits per heavy atom. The van der Waals surface area contributed by atoms with Crippen molar-refractivity contribution in [2.75, 3.05) is 46.4 Å². The molecule has 168 valence electrons. The SMILES string of the molecule is CCOCCC1(CNC(=NC)NCC(c2ccco2)N(CC)CC)CCCC1.I. The minimum Gasteiger partial charge on any atom is -0.468 e. The molecule has 1 aromatic heterocycles. The summed E-state index contributed by atoms with van der Waals surface area (Å²) in [6.45, 7) is 11.8. The number of ether oxygens (including phenoxy) is 1. The summed E-state index contributed by atoms with van der Waals surface area (Å²) in [7, 11) is 1.84. The molecule has 0 aliphatic heterocycles. The molecule has 0 bridgehead atoms. The third kappa shape index (κ3) is 8.09. The van der Waals surface area contributed by atoms with Crippen LogP contribution in [0.1, 0.15) is 64.7 Å². The first-order valence-electron chi connectivity index (χ1n) is 11.0. The van der Waals surface area contributed by atoms with Crippen molar-refractivity contribution in [1.29, 1.82) is 0 Å². The number of likely N-dealkylation sites (N-methyl/N-ethyl adjacent to an activating group) is 1. The average Bonchev–Trinajstić information content (AvgIpc) is 3.40. The summed E-state index contributed by atoms with van der Waals surface area (Å²) in [5.74, 6) is 1.86. The molecule has 1 saturated carbocycles. The summed E-state index contributed by atoms with van der Waals surface area (Å²) in [4.78, 5) is 6.86. The van der Waals surface area contributed by atoms with E-state index in [-0.39, 0.29) is 30.0 Å². The standard InChI is InChI=1S/C22H40N4O2.HI/c1-5-26(6-2)19(20-11-10-15-28-20)17-24-21(23-4)25-18-22(12-8-9-13-22)14-16-27-7-3;/h10-11,15,19H,5-9,12-14,16-18H2,1-4H3,(H2,23,24,25);1H. The Balaban J connectivity index is 0.00000420. The fourth-order valence-corrected chi connectivity index (χ4v) is 4.31. The van der Waals surface area contributed by atoms with Crippen LogP contribution in [0.3, 0.4) is 0 Å². The highest BCUT2D eigenvalue weighted by Crippen LogP contribution is 2.40. The molecule has 29 heavy (non-hydrogen) atoms. The van der Waals surface area contributed by atoms with E-state index in [0.717, 1.165) is 57.5 Å². The van der Waals surface area contributed by atoms with Crippen molar-refractivity contribution in [2.24, 2.45) is 10.4 Å². The second kappa shape index (κ2) is 14.2. The van der Waals surface area contributed by atoms with E-state index in [4.69, 9.17) is 9.15 Å². The Labute approximate surface area is 194 Å². The van der Waals surface area contributed by atoms with Gasteiger partial charge in [0.05, 0.1) is 12.3 Å². The molecule has 1 aliphatic carbocycles. The zero-order chi connectivity index (χ0) is 20.2. The van der Waals surface area contributed by atoms with Crippen molar-refractivity contribution >= 4 is 29.9 Å². The molecule has 6 nitrogen and oxygen atoms in total. The lowest BCUT2D eigenvalue weighted by Gasteiger charge is -2.31. The van der Waals surface area contributed by atoms with Crippen LogP contribution in [-0.2, 0) is 4.74 Å². The summed E-state index contributed by atoms with van der Waals surface area (Å²) < 4.78 is 11.3. The zero-order valence-electron chi connectivity index (χ0n) is 18.7. The molecule has 1 atom stereocenters. The van der Waals surface area contributed by atoms with E-state index in [0.29, 0.717) is 5.41 Å². The molecule has 0 saturated heterocycles. The van der Waals surface area contributed by atoms with Crippen LogP contribution in [0.25, 0.3) is 0 Å². The number of hydrogen-bond acceptors (Lipinski definition) is 4. The van der Waals surface area contributed by atoms with Crippen molar-refractivity contribution in [1.82, 2.24) is 15.5 Å². The van der Waals surface area contributed by atoms with Gasteiger partial charge in [-0.05, 0) is 56.8 Å². The maximum atomic E-state index is 5.70. The summed E-state index contributed by atoms with van der Waals surface area (Å²) in [5, 5.41) is 7.11. The maximum absolute atomic E-state index is 5.70. The first kappa shape index (κ1) is 26.2. The van der Waals surface area contributed by atoms with Gasteiger partial charge in [-0.15, -0.1) is 24.0 Å². The summed E-state index contributed by atoms with van der Waals surface area (Å²) in [6.07, 6.45) is 8.07. The number of furan rings is 1. The molecule has 1 unspecified atom stereocenters. The van der Waals surface area contributed by atoms with Crippen LogP contribution in [-0.4, -0.2) is 57.3 Å². The van der Waals surface area contributed by atoms with Crippen LogP contribution in [0.2, 0.25) is 0 Å². The molecular weight excluding hydrogens is 479 g/mol. The van der Waals surface area contributed by atoms with Crippen molar-refractivity contribution < 1.29 is 9.15 Å². The summed E-state index contributed by atoms with van der Waals surface area (Å²) >= 11 is 0. The third-order valence-corrected chi connectivity index (χ3v) is 6.09. The molecule has 0 radical (unpaired) electrons. The predicted molar refractivity (Wildman–Crippen MR) is 131 cm³/mol. The molecule has 2 rings (SSSR count). The molecule has 1 aromatic rings. The van der Waals surface area contributed by atoms with Crippen LogP contribution in [0.4, 0.5) is 0 Å². The number of aliphatic imine (C=N–C) groups is 1. The molecule has 0 spiro atoms. The van der Waals surface area contributed by atoms with E-state index in [1.807, 2.05) is 13.1 Å². The van der Waals surface area contributed by atoms with E-state index < -0.39 is 0 Å². The fourth-order valence-electron chi connectivity index (χ4n) is 4.31. The third-order valence-electron chi connectivity index (χ3n) is 6.09. The number of nitrogens with one attached hydrogen (secondary N) is 2. The second-order valence-corrected chi connectivity index (χ2v) is 7.71.